The van der Waals surface area contributed by atoms with Crippen molar-refractivity contribution in [3.8, 4) is 0 Å². The monoisotopic (exact) mass is 386 g/mol. The number of thiocarbonyl (C=S) groups is 1. The van der Waals surface area contributed by atoms with E-state index in [0.29, 0.717) is 15.2 Å². The van der Waals surface area contributed by atoms with Gasteiger partial charge >= 0.3 is 0 Å². The molecule has 0 spiro atoms. The summed E-state index contributed by atoms with van der Waals surface area (Å²) in [6.45, 7) is 0.836. The molecule has 23 heavy (non-hydrogen) atoms. The van der Waals surface area contributed by atoms with Crippen LogP contribution in [0, 0.1) is 5.82 Å². The fourth-order valence-electron chi connectivity index (χ4n) is 2.35. The summed E-state index contributed by atoms with van der Waals surface area (Å²) in [6, 6.07) is 11.8. The van der Waals surface area contributed by atoms with Gasteiger partial charge in [0.15, 0.2) is 5.11 Å². The Bertz CT molecular complexity index is 725. The van der Waals surface area contributed by atoms with Gasteiger partial charge in [0.2, 0.25) is 0 Å². The van der Waals surface area contributed by atoms with Crippen molar-refractivity contribution in [2.45, 2.75) is 5.37 Å². The number of benzene rings is 2. The molecule has 0 saturated carbocycles. The lowest BCUT2D eigenvalue weighted by molar-refractivity contribution is 0.458. The summed E-state index contributed by atoms with van der Waals surface area (Å²) in [4.78, 5) is 2.10. The number of halogens is 3. The van der Waals surface area contributed by atoms with Crippen molar-refractivity contribution < 1.29 is 4.39 Å². The topological polar surface area (TPSA) is 15.3 Å². The van der Waals surface area contributed by atoms with Crippen LogP contribution in [0.5, 0.6) is 0 Å². The minimum atomic E-state index is -0.271. The summed E-state index contributed by atoms with van der Waals surface area (Å²) in [5, 5.41) is 4.93. The SMILES string of the molecule is Fc1ccc(NC(=S)N2CCSC2c2ccc(Cl)c(Cl)c2)cc1. The minimum absolute atomic E-state index is 0.0882. The van der Waals surface area contributed by atoms with Crippen LogP contribution in [0.3, 0.4) is 0 Å². The van der Waals surface area contributed by atoms with E-state index in [1.54, 1.807) is 30.0 Å². The number of nitrogens with one attached hydrogen (secondary N) is 1. The second-order valence-electron chi connectivity index (χ2n) is 5.03. The van der Waals surface area contributed by atoms with E-state index in [-0.39, 0.29) is 11.2 Å². The number of nitrogens with zero attached hydrogens (tertiary/aromatic N) is 1. The van der Waals surface area contributed by atoms with E-state index < -0.39 is 0 Å². The van der Waals surface area contributed by atoms with Gasteiger partial charge in [-0.1, -0.05) is 29.3 Å². The van der Waals surface area contributed by atoms with Crippen molar-refractivity contribution >= 4 is 58.0 Å². The number of rotatable bonds is 2. The number of anilines is 1. The molecule has 1 saturated heterocycles. The maximum atomic E-state index is 13.0. The van der Waals surface area contributed by atoms with Crippen molar-refractivity contribution in [2.75, 3.05) is 17.6 Å². The Labute approximate surface area is 154 Å². The van der Waals surface area contributed by atoms with Gasteiger partial charge in [0, 0.05) is 18.0 Å². The van der Waals surface area contributed by atoms with Gasteiger partial charge < -0.3 is 10.2 Å². The summed E-state index contributed by atoms with van der Waals surface area (Å²) in [6.07, 6.45) is 0. The summed E-state index contributed by atoms with van der Waals surface area (Å²) >= 11 is 19.4. The van der Waals surface area contributed by atoms with Gasteiger partial charge in [-0.05, 0) is 54.2 Å². The Morgan fingerprint density at radius 1 is 1.17 bits per heavy atom. The molecule has 0 radical (unpaired) electrons. The van der Waals surface area contributed by atoms with Crippen molar-refractivity contribution in [3.63, 3.8) is 0 Å². The Kier molecular flexibility index (Phi) is 5.31. The van der Waals surface area contributed by atoms with Crippen LogP contribution in [0.1, 0.15) is 10.9 Å². The Balaban J connectivity index is 1.76. The molecular formula is C16H13Cl2FN2S2. The lowest BCUT2D eigenvalue weighted by Crippen LogP contribution is -2.34. The number of hydrogen-bond donors (Lipinski definition) is 1. The van der Waals surface area contributed by atoms with E-state index in [1.165, 1.54) is 12.1 Å². The zero-order valence-corrected chi connectivity index (χ0v) is 15.1. The molecule has 1 aliphatic heterocycles. The van der Waals surface area contributed by atoms with Gasteiger partial charge in [-0.3, -0.25) is 0 Å². The highest BCUT2D eigenvalue weighted by molar-refractivity contribution is 7.99. The zero-order valence-electron chi connectivity index (χ0n) is 11.9. The fourth-order valence-corrected chi connectivity index (χ4v) is 4.29. The molecule has 1 atom stereocenters. The summed E-state index contributed by atoms with van der Waals surface area (Å²) in [7, 11) is 0. The molecule has 0 amide bonds. The summed E-state index contributed by atoms with van der Waals surface area (Å²) in [5.74, 6) is 0.697. The highest BCUT2D eigenvalue weighted by Crippen LogP contribution is 2.40. The summed E-state index contributed by atoms with van der Waals surface area (Å²) < 4.78 is 13.0. The average molecular weight is 387 g/mol. The van der Waals surface area contributed by atoms with Gasteiger partial charge in [-0.2, -0.15) is 0 Å². The first-order valence-corrected chi connectivity index (χ1v) is 9.15. The van der Waals surface area contributed by atoms with E-state index in [4.69, 9.17) is 35.4 Å². The molecular weight excluding hydrogens is 374 g/mol. The first-order valence-electron chi connectivity index (χ1n) is 6.94. The second-order valence-corrected chi connectivity index (χ2v) is 7.42. The van der Waals surface area contributed by atoms with Crippen LogP contribution >= 0.6 is 47.2 Å². The highest BCUT2D eigenvalue weighted by atomic mass is 35.5. The standard InChI is InChI=1S/C16H13Cl2FN2S2/c17-13-6-1-10(9-14(13)18)15-21(7-8-23-15)16(22)20-12-4-2-11(19)3-5-12/h1-6,9,15H,7-8H2,(H,20,22). The molecule has 1 heterocycles. The van der Waals surface area contributed by atoms with Crippen LogP contribution in [-0.2, 0) is 0 Å². The van der Waals surface area contributed by atoms with Crippen LogP contribution in [0.15, 0.2) is 42.5 Å². The van der Waals surface area contributed by atoms with Gasteiger partial charge in [-0.15, -0.1) is 11.8 Å². The summed E-state index contributed by atoms with van der Waals surface area (Å²) in [5.41, 5.74) is 1.83. The number of hydrogen-bond acceptors (Lipinski definition) is 2. The Hall–Kier alpha value is -1.01. The van der Waals surface area contributed by atoms with Gasteiger partial charge in [0.1, 0.15) is 11.2 Å². The van der Waals surface area contributed by atoms with E-state index in [0.717, 1.165) is 23.5 Å². The Morgan fingerprint density at radius 2 is 1.91 bits per heavy atom. The lowest BCUT2D eigenvalue weighted by Gasteiger charge is -2.27. The maximum absolute atomic E-state index is 13.0. The van der Waals surface area contributed by atoms with E-state index >= 15 is 0 Å². The van der Waals surface area contributed by atoms with E-state index in [9.17, 15) is 4.39 Å². The Morgan fingerprint density at radius 3 is 2.61 bits per heavy atom. The molecule has 2 aromatic carbocycles. The predicted octanol–water partition coefficient (Wildman–Crippen LogP) is 5.58. The number of thioether (sulfide) groups is 1. The second kappa shape index (κ2) is 7.26. The van der Waals surface area contributed by atoms with E-state index in [1.807, 2.05) is 12.1 Å². The van der Waals surface area contributed by atoms with Crippen molar-refractivity contribution in [2.24, 2.45) is 0 Å². The average Bonchev–Trinajstić information content (AvgIpc) is 3.02. The quantitative estimate of drug-likeness (QED) is 0.677. The molecule has 3 rings (SSSR count). The third kappa shape index (κ3) is 3.91. The molecule has 1 aliphatic rings. The van der Waals surface area contributed by atoms with Crippen molar-refractivity contribution in [1.29, 1.82) is 0 Å². The van der Waals surface area contributed by atoms with Gasteiger partial charge in [-0.25, -0.2) is 4.39 Å². The molecule has 0 bridgehead atoms. The minimum Gasteiger partial charge on any atom is -0.333 e. The van der Waals surface area contributed by atoms with E-state index in [2.05, 4.69) is 10.2 Å². The fraction of sp³-hybridized carbons (Fsp3) is 0.188. The van der Waals surface area contributed by atoms with Crippen molar-refractivity contribution in [1.82, 2.24) is 4.90 Å². The van der Waals surface area contributed by atoms with Crippen LogP contribution in [-0.4, -0.2) is 22.3 Å². The third-order valence-corrected chi connectivity index (χ3v) is 5.81. The van der Waals surface area contributed by atoms with Crippen LogP contribution < -0.4 is 5.32 Å². The van der Waals surface area contributed by atoms with Crippen LogP contribution in [0.25, 0.3) is 0 Å². The molecule has 120 valence electrons. The van der Waals surface area contributed by atoms with Crippen LogP contribution in [0.2, 0.25) is 10.0 Å². The third-order valence-electron chi connectivity index (χ3n) is 3.48. The normalized spacial score (nSPS) is 17.3. The van der Waals surface area contributed by atoms with Crippen LogP contribution in [0.4, 0.5) is 10.1 Å². The molecule has 1 unspecified atom stereocenters. The highest BCUT2D eigenvalue weighted by Gasteiger charge is 2.29. The van der Waals surface area contributed by atoms with Gasteiger partial charge in [0.05, 0.1) is 10.0 Å². The smallest absolute Gasteiger partial charge is 0.174 e. The molecule has 2 nitrogen and oxygen atoms in total. The zero-order chi connectivity index (χ0) is 16.4. The largest absolute Gasteiger partial charge is 0.333 e. The lowest BCUT2D eigenvalue weighted by atomic mass is 10.2. The van der Waals surface area contributed by atoms with Crippen molar-refractivity contribution in [3.05, 3.63) is 63.9 Å². The molecule has 2 aromatic rings. The molecule has 1 N–H and O–H groups in total. The molecule has 0 aromatic heterocycles. The predicted molar refractivity (Wildman–Crippen MR) is 101 cm³/mol. The first kappa shape index (κ1) is 16.8. The molecule has 1 fully saturated rings. The van der Waals surface area contributed by atoms with Gasteiger partial charge in [0.25, 0.3) is 0 Å². The first-order chi connectivity index (χ1) is 11.0. The molecule has 0 aliphatic carbocycles. The molecule has 7 heteroatoms. The maximum Gasteiger partial charge on any atom is 0.174 e.